The molecule has 0 fully saturated rings. The zero-order valence-corrected chi connectivity index (χ0v) is 13.9. The summed E-state index contributed by atoms with van der Waals surface area (Å²) < 4.78 is 15.9. The summed E-state index contributed by atoms with van der Waals surface area (Å²) in [5.74, 6) is 1.08. The van der Waals surface area contributed by atoms with E-state index in [2.05, 4.69) is 5.32 Å². The van der Waals surface area contributed by atoms with E-state index < -0.39 is 0 Å². The number of methoxy groups -OCH3 is 2. The number of hydrogen-bond acceptors (Lipinski definition) is 4. The molecule has 0 atom stereocenters. The van der Waals surface area contributed by atoms with Crippen molar-refractivity contribution < 1.29 is 19.0 Å². The van der Waals surface area contributed by atoms with Crippen molar-refractivity contribution in [2.45, 2.75) is 6.92 Å². The lowest BCUT2D eigenvalue weighted by Gasteiger charge is -2.14. The van der Waals surface area contributed by atoms with Crippen molar-refractivity contribution in [3.8, 4) is 17.2 Å². The summed E-state index contributed by atoms with van der Waals surface area (Å²) in [7, 11) is 3.04. The van der Waals surface area contributed by atoms with Crippen molar-refractivity contribution >= 4 is 23.2 Å². The van der Waals surface area contributed by atoms with Crippen LogP contribution >= 0.6 is 11.6 Å². The molecule has 0 aliphatic carbocycles. The molecule has 0 heterocycles. The number of amides is 1. The van der Waals surface area contributed by atoms with Gasteiger partial charge in [-0.15, -0.1) is 0 Å². The van der Waals surface area contributed by atoms with Crippen LogP contribution in [0.5, 0.6) is 17.2 Å². The van der Waals surface area contributed by atoms with Gasteiger partial charge in [0.25, 0.3) is 5.91 Å². The highest BCUT2D eigenvalue weighted by atomic mass is 35.5. The van der Waals surface area contributed by atoms with Crippen LogP contribution in [0, 0.1) is 0 Å². The number of halogens is 1. The van der Waals surface area contributed by atoms with Gasteiger partial charge in [-0.2, -0.15) is 0 Å². The van der Waals surface area contributed by atoms with Crippen molar-refractivity contribution in [2.24, 2.45) is 0 Å². The van der Waals surface area contributed by atoms with Crippen LogP contribution in [0.15, 0.2) is 36.4 Å². The highest BCUT2D eigenvalue weighted by Gasteiger charge is 2.16. The van der Waals surface area contributed by atoms with Gasteiger partial charge < -0.3 is 19.5 Å². The van der Waals surface area contributed by atoms with Gasteiger partial charge in [-0.25, -0.2) is 0 Å². The second kappa shape index (κ2) is 7.74. The Morgan fingerprint density at radius 2 is 1.83 bits per heavy atom. The number of anilines is 1. The third-order valence-electron chi connectivity index (χ3n) is 3.14. The molecule has 1 N–H and O–H groups in total. The van der Waals surface area contributed by atoms with E-state index in [1.54, 1.807) is 31.4 Å². The molecule has 0 aliphatic heterocycles. The third-order valence-corrected chi connectivity index (χ3v) is 3.42. The molecular formula is C17H18ClNO4. The number of nitrogens with one attached hydrogen (secondary N) is 1. The fraction of sp³-hybridized carbons (Fsp3) is 0.235. The fourth-order valence-corrected chi connectivity index (χ4v) is 2.34. The number of ether oxygens (including phenoxy) is 3. The normalized spacial score (nSPS) is 10.1. The van der Waals surface area contributed by atoms with Gasteiger partial charge in [-0.3, -0.25) is 4.79 Å². The van der Waals surface area contributed by atoms with Crippen molar-refractivity contribution in [3.63, 3.8) is 0 Å². The van der Waals surface area contributed by atoms with Crippen LogP contribution in [-0.4, -0.2) is 26.7 Å². The van der Waals surface area contributed by atoms with Crippen LogP contribution in [0.2, 0.25) is 5.02 Å². The van der Waals surface area contributed by atoms with Gasteiger partial charge >= 0.3 is 0 Å². The first kappa shape index (κ1) is 17.0. The molecule has 23 heavy (non-hydrogen) atoms. The van der Waals surface area contributed by atoms with Gasteiger partial charge in [0.15, 0.2) is 11.5 Å². The Morgan fingerprint density at radius 1 is 1.13 bits per heavy atom. The highest BCUT2D eigenvalue weighted by molar-refractivity contribution is 6.32. The van der Waals surface area contributed by atoms with Crippen molar-refractivity contribution in [2.75, 3.05) is 26.1 Å². The van der Waals surface area contributed by atoms with E-state index in [0.29, 0.717) is 40.1 Å². The van der Waals surface area contributed by atoms with E-state index in [-0.39, 0.29) is 5.91 Å². The van der Waals surface area contributed by atoms with E-state index in [4.69, 9.17) is 25.8 Å². The molecule has 5 nitrogen and oxygen atoms in total. The van der Waals surface area contributed by atoms with Crippen molar-refractivity contribution in [3.05, 3.63) is 47.0 Å². The molecule has 0 radical (unpaired) electrons. The van der Waals surface area contributed by atoms with E-state index in [1.165, 1.54) is 7.11 Å². The minimum absolute atomic E-state index is 0.316. The maximum Gasteiger partial charge on any atom is 0.255 e. The average molecular weight is 336 g/mol. The van der Waals surface area contributed by atoms with E-state index in [1.807, 2.05) is 19.1 Å². The van der Waals surface area contributed by atoms with Crippen LogP contribution in [0.3, 0.4) is 0 Å². The number of benzene rings is 2. The summed E-state index contributed by atoms with van der Waals surface area (Å²) in [4.78, 5) is 12.5. The Kier molecular flexibility index (Phi) is 5.71. The first-order chi connectivity index (χ1) is 11.1. The average Bonchev–Trinajstić information content (AvgIpc) is 2.57. The summed E-state index contributed by atoms with van der Waals surface area (Å²) in [5.41, 5.74) is 0.935. The predicted octanol–water partition coefficient (Wildman–Crippen LogP) is 4.01. The van der Waals surface area contributed by atoms with Crippen molar-refractivity contribution in [1.82, 2.24) is 0 Å². The molecule has 0 unspecified atom stereocenters. The lowest BCUT2D eigenvalue weighted by atomic mass is 10.1. The molecular weight excluding hydrogens is 318 g/mol. The van der Waals surface area contributed by atoms with Crippen LogP contribution < -0.4 is 19.5 Å². The quantitative estimate of drug-likeness (QED) is 0.866. The SMILES string of the molecule is CCOc1c(Cl)cc(C(=O)Nc2ccccc2OC)cc1OC. The molecule has 0 saturated heterocycles. The summed E-state index contributed by atoms with van der Waals surface area (Å²) in [6.45, 7) is 2.29. The standard InChI is InChI=1S/C17H18ClNO4/c1-4-23-16-12(18)9-11(10-15(16)22-3)17(20)19-13-7-5-6-8-14(13)21-2/h5-10H,4H2,1-3H3,(H,19,20). The van der Waals surface area contributed by atoms with Gasteiger partial charge in [-0.05, 0) is 31.2 Å². The van der Waals surface area contributed by atoms with Gasteiger partial charge in [0.05, 0.1) is 31.5 Å². The molecule has 0 bridgehead atoms. The Labute approximate surface area is 140 Å². The second-order valence-corrected chi connectivity index (χ2v) is 4.98. The Hall–Kier alpha value is -2.40. The number of rotatable bonds is 6. The summed E-state index contributed by atoms with van der Waals surface area (Å²) in [6, 6.07) is 10.3. The molecule has 2 aromatic carbocycles. The van der Waals surface area contributed by atoms with Crippen LogP contribution in [0.1, 0.15) is 17.3 Å². The lowest BCUT2D eigenvalue weighted by Crippen LogP contribution is -2.13. The zero-order chi connectivity index (χ0) is 16.8. The number of hydrogen-bond donors (Lipinski definition) is 1. The Bertz CT molecular complexity index is 703. The van der Waals surface area contributed by atoms with E-state index in [0.717, 1.165) is 0 Å². The smallest absolute Gasteiger partial charge is 0.255 e. The van der Waals surface area contributed by atoms with Crippen LogP contribution in [0.25, 0.3) is 0 Å². The molecule has 0 saturated carbocycles. The van der Waals surface area contributed by atoms with E-state index in [9.17, 15) is 4.79 Å². The summed E-state index contributed by atoms with van der Waals surface area (Å²) in [5, 5.41) is 3.10. The fourth-order valence-electron chi connectivity index (χ4n) is 2.08. The largest absolute Gasteiger partial charge is 0.495 e. The lowest BCUT2D eigenvalue weighted by molar-refractivity contribution is 0.102. The van der Waals surface area contributed by atoms with E-state index >= 15 is 0 Å². The molecule has 0 aliphatic rings. The maximum atomic E-state index is 12.5. The van der Waals surface area contributed by atoms with Crippen LogP contribution in [0.4, 0.5) is 5.69 Å². The van der Waals surface area contributed by atoms with Gasteiger partial charge in [0.2, 0.25) is 0 Å². The molecule has 122 valence electrons. The molecule has 0 aromatic heterocycles. The summed E-state index contributed by atoms with van der Waals surface area (Å²) >= 11 is 6.19. The molecule has 2 rings (SSSR count). The topological polar surface area (TPSA) is 56.8 Å². The molecule has 1 amide bonds. The molecule has 2 aromatic rings. The minimum Gasteiger partial charge on any atom is -0.495 e. The third kappa shape index (κ3) is 3.87. The predicted molar refractivity (Wildman–Crippen MR) is 90.1 cm³/mol. The van der Waals surface area contributed by atoms with Gasteiger partial charge in [0, 0.05) is 5.56 Å². The number of para-hydroxylation sites is 2. The Morgan fingerprint density at radius 3 is 2.48 bits per heavy atom. The first-order valence-electron chi connectivity index (χ1n) is 7.05. The Balaban J connectivity index is 2.31. The first-order valence-corrected chi connectivity index (χ1v) is 7.43. The number of carbonyl (C=O) groups excluding carboxylic acids is 1. The van der Waals surface area contributed by atoms with Gasteiger partial charge in [0.1, 0.15) is 5.75 Å². The zero-order valence-electron chi connectivity index (χ0n) is 13.2. The van der Waals surface area contributed by atoms with Gasteiger partial charge in [-0.1, -0.05) is 23.7 Å². The molecule has 0 spiro atoms. The van der Waals surface area contributed by atoms with Crippen molar-refractivity contribution in [1.29, 1.82) is 0 Å². The number of carbonyl (C=O) groups is 1. The van der Waals surface area contributed by atoms with Crippen LogP contribution in [-0.2, 0) is 0 Å². The monoisotopic (exact) mass is 335 g/mol. The second-order valence-electron chi connectivity index (χ2n) is 4.58. The highest BCUT2D eigenvalue weighted by Crippen LogP contribution is 2.36. The molecule has 6 heteroatoms. The summed E-state index contributed by atoms with van der Waals surface area (Å²) in [6.07, 6.45) is 0. The maximum absolute atomic E-state index is 12.5. The minimum atomic E-state index is -0.322.